The lowest BCUT2D eigenvalue weighted by atomic mass is 10.2. The number of hydroxylamine groups is 1. The minimum Gasteiger partial charge on any atom is -0.384 e. The van der Waals surface area contributed by atoms with E-state index in [2.05, 4.69) is 0 Å². The van der Waals surface area contributed by atoms with Crippen LogP contribution in [0.4, 0.5) is 15.8 Å². The van der Waals surface area contributed by atoms with Crippen LogP contribution in [-0.4, -0.2) is 11.0 Å². The van der Waals surface area contributed by atoms with Crippen LogP contribution in [0, 0.1) is 15.9 Å². The van der Waals surface area contributed by atoms with Gasteiger partial charge in [-0.3, -0.25) is 10.1 Å². The Balaban J connectivity index is 2.39. The van der Waals surface area contributed by atoms with Crippen molar-refractivity contribution in [1.82, 2.24) is 0 Å². The first-order valence-electron chi connectivity index (χ1n) is 5.08. The molecule has 0 bridgehead atoms. The van der Waals surface area contributed by atoms with Gasteiger partial charge in [-0.25, -0.2) is 9.45 Å². The average Bonchev–Trinajstić information content (AvgIpc) is 2.58. The van der Waals surface area contributed by atoms with Crippen LogP contribution in [0.1, 0.15) is 13.8 Å². The molecule has 0 saturated carbocycles. The van der Waals surface area contributed by atoms with E-state index in [1.54, 1.807) is 13.0 Å². The second-order valence-electron chi connectivity index (χ2n) is 3.83. The highest BCUT2D eigenvalue weighted by molar-refractivity contribution is 5.54. The van der Waals surface area contributed by atoms with Gasteiger partial charge in [0.2, 0.25) is 0 Å². The lowest BCUT2D eigenvalue weighted by Crippen LogP contribution is -2.26. The predicted molar refractivity (Wildman–Crippen MR) is 59.8 cm³/mol. The molecule has 5 nitrogen and oxygen atoms in total. The second kappa shape index (κ2) is 4.04. The summed E-state index contributed by atoms with van der Waals surface area (Å²) in [5, 5.41) is 12.0. The van der Waals surface area contributed by atoms with Crippen LogP contribution < -0.4 is 5.06 Å². The van der Waals surface area contributed by atoms with Crippen molar-refractivity contribution in [3.8, 4) is 0 Å². The Morgan fingerprint density at radius 2 is 2.24 bits per heavy atom. The molecule has 0 aliphatic carbocycles. The van der Waals surface area contributed by atoms with Crippen molar-refractivity contribution in [2.45, 2.75) is 19.9 Å². The number of non-ortho nitro benzene ring substituents is 1. The van der Waals surface area contributed by atoms with Gasteiger partial charge in [0.25, 0.3) is 5.69 Å². The molecule has 2 rings (SSSR count). The molecular formula is C11H11FN2O3. The molecule has 0 amide bonds. The largest absolute Gasteiger partial charge is 0.384 e. The summed E-state index contributed by atoms with van der Waals surface area (Å²) in [7, 11) is 0. The molecule has 1 unspecified atom stereocenters. The molecule has 0 spiro atoms. The first kappa shape index (κ1) is 11.4. The molecule has 6 heteroatoms. The van der Waals surface area contributed by atoms with Crippen molar-refractivity contribution in [3.63, 3.8) is 0 Å². The van der Waals surface area contributed by atoms with Gasteiger partial charge in [-0.05, 0) is 26.0 Å². The average molecular weight is 238 g/mol. The molecule has 1 aliphatic heterocycles. The van der Waals surface area contributed by atoms with E-state index in [4.69, 9.17) is 4.84 Å². The van der Waals surface area contributed by atoms with Crippen molar-refractivity contribution in [2.24, 2.45) is 0 Å². The van der Waals surface area contributed by atoms with Crippen LogP contribution in [0.2, 0.25) is 0 Å². The summed E-state index contributed by atoms with van der Waals surface area (Å²) >= 11 is 0. The van der Waals surface area contributed by atoms with Gasteiger partial charge in [-0.15, -0.1) is 0 Å². The van der Waals surface area contributed by atoms with E-state index in [0.29, 0.717) is 5.76 Å². The van der Waals surface area contributed by atoms with Crippen molar-refractivity contribution in [2.75, 3.05) is 5.06 Å². The van der Waals surface area contributed by atoms with Crippen molar-refractivity contribution in [1.29, 1.82) is 0 Å². The highest BCUT2D eigenvalue weighted by Gasteiger charge is 2.26. The van der Waals surface area contributed by atoms with Gasteiger partial charge >= 0.3 is 0 Å². The highest BCUT2D eigenvalue weighted by Crippen LogP contribution is 2.30. The summed E-state index contributed by atoms with van der Waals surface area (Å²) in [6.07, 6.45) is 1.80. The van der Waals surface area contributed by atoms with E-state index < -0.39 is 10.7 Å². The predicted octanol–water partition coefficient (Wildman–Crippen LogP) is 2.78. The summed E-state index contributed by atoms with van der Waals surface area (Å²) in [4.78, 5) is 15.4. The lowest BCUT2D eigenvalue weighted by molar-refractivity contribution is -0.384. The zero-order chi connectivity index (χ0) is 12.6. The first-order valence-corrected chi connectivity index (χ1v) is 5.08. The standard InChI is InChI=1S/C11H11FN2O3/c1-7-5-8(2)17-13(7)11-6-9(14(15)16)3-4-10(11)12/h3-7H,1-2H3. The zero-order valence-electron chi connectivity index (χ0n) is 9.38. The fourth-order valence-corrected chi connectivity index (χ4v) is 1.73. The summed E-state index contributed by atoms with van der Waals surface area (Å²) in [6, 6.07) is 3.20. The quantitative estimate of drug-likeness (QED) is 0.587. The number of nitro groups is 1. The third-order valence-corrected chi connectivity index (χ3v) is 2.47. The lowest BCUT2D eigenvalue weighted by Gasteiger charge is -2.22. The van der Waals surface area contributed by atoms with Crippen LogP contribution in [0.25, 0.3) is 0 Å². The minimum atomic E-state index is -0.566. The van der Waals surface area contributed by atoms with E-state index in [1.165, 1.54) is 5.06 Å². The highest BCUT2D eigenvalue weighted by atomic mass is 19.1. The molecule has 17 heavy (non-hydrogen) atoms. The summed E-state index contributed by atoms with van der Waals surface area (Å²) in [5.41, 5.74) is -0.0958. The number of nitro benzene ring substituents is 1. The van der Waals surface area contributed by atoms with E-state index in [1.807, 2.05) is 6.92 Å². The molecule has 90 valence electrons. The van der Waals surface area contributed by atoms with E-state index in [0.717, 1.165) is 18.2 Å². The molecular weight excluding hydrogens is 227 g/mol. The molecule has 1 aromatic rings. The molecule has 1 heterocycles. The summed E-state index contributed by atoms with van der Waals surface area (Å²) < 4.78 is 13.6. The van der Waals surface area contributed by atoms with Crippen molar-refractivity contribution in [3.05, 3.63) is 46.0 Å². The SMILES string of the molecule is CC1=CC(C)N(c2cc([N+](=O)[O-])ccc2F)O1. The minimum absolute atomic E-state index is 0.0693. The smallest absolute Gasteiger partial charge is 0.271 e. The third kappa shape index (κ3) is 2.06. The Kier molecular flexibility index (Phi) is 2.71. The second-order valence-corrected chi connectivity index (χ2v) is 3.83. The summed E-state index contributed by atoms with van der Waals surface area (Å²) in [5.74, 6) is 0.0916. The van der Waals surface area contributed by atoms with E-state index in [9.17, 15) is 14.5 Å². The fraction of sp³-hybridized carbons (Fsp3) is 0.273. The van der Waals surface area contributed by atoms with Crippen molar-refractivity contribution >= 4 is 11.4 Å². The van der Waals surface area contributed by atoms with Gasteiger partial charge in [0.05, 0.1) is 11.0 Å². The van der Waals surface area contributed by atoms with Crippen LogP contribution in [-0.2, 0) is 4.84 Å². The van der Waals surface area contributed by atoms with Crippen LogP contribution in [0.3, 0.4) is 0 Å². The van der Waals surface area contributed by atoms with Crippen molar-refractivity contribution < 1.29 is 14.2 Å². The topological polar surface area (TPSA) is 55.6 Å². The van der Waals surface area contributed by atoms with E-state index in [-0.39, 0.29) is 17.4 Å². The molecule has 0 radical (unpaired) electrons. The normalized spacial score (nSPS) is 18.9. The Labute approximate surface area is 97.2 Å². The molecule has 0 N–H and O–H groups in total. The maximum absolute atomic E-state index is 13.6. The van der Waals surface area contributed by atoms with Crippen LogP contribution >= 0.6 is 0 Å². The first-order chi connectivity index (χ1) is 7.99. The molecule has 1 aromatic carbocycles. The Bertz CT molecular complexity index is 501. The Morgan fingerprint density at radius 3 is 2.76 bits per heavy atom. The van der Waals surface area contributed by atoms with Gasteiger partial charge in [0.1, 0.15) is 17.3 Å². The number of anilines is 1. The fourth-order valence-electron chi connectivity index (χ4n) is 1.73. The van der Waals surface area contributed by atoms with E-state index >= 15 is 0 Å². The Hall–Kier alpha value is -2.11. The monoisotopic (exact) mass is 238 g/mol. The molecule has 0 fully saturated rings. The molecule has 0 aromatic heterocycles. The third-order valence-electron chi connectivity index (χ3n) is 2.47. The van der Waals surface area contributed by atoms with Gasteiger partial charge in [0, 0.05) is 12.1 Å². The molecule has 1 aliphatic rings. The van der Waals surface area contributed by atoms with Gasteiger partial charge in [-0.2, -0.15) is 0 Å². The number of benzene rings is 1. The number of hydrogen-bond acceptors (Lipinski definition) is 4. The number of halogens is 1. The molecule has 1 atom stereocenters. The zero-order valence-corrected chi connectivity index (χ0v) is 9.38. The molecule has 0 saturated heterocycles. The number of hydrogen-bond donors (Lipinski definition) is 0. The maximum atomic E-state index is 13.6. The summed E-state index contributed by atoms with van der Waals surface area (Å²) in [6.45, 7) is 3.56. The van der Waals surface area contributed by atoms with Crippen LogP contribution in [0.5, 0.6) is 0 Å². The van der Waals surface area contributed by atoms with Gasteiger partial charge < -0.3 is 4.84 Å². The van der Waals surface area contributed by atoms with Gasteiger partial charge in [-0.1, -0.05) is 0 Å². The van der Waals surface area contributed by atoms with Gasteiger partial charge in [0.15, 0.2) is 0 Å². The maximum Gasteiger partial charge on any atom is 0.271 e. The number of nitrogens with zero attached hydrogens (tertiary/aromatic N) is 2. The van der Waals surface area contributed by atoms with Crippen LogP contribution in [0.15, 0.2) is 30.0 Å². The number of allylic oxidation sites excluding steroid dienone is 1. The Morgan fingerprint density at radius 1 is 1.53 bits per heavy atom. The number of rotatable bonds is 2.